The topological polar surface area (TPSA) is 248 Å². The molecule has 0 amide bonds. The Morgan fingerprint density at radius 3 is 1.47 bits per heavy atom. The molecular formula is C21H17N17OS4. The molecule has 0 aliphatic heterocycles. The summed E-state index contributed by atoms with van der Waals surface area (Å²) < 4.78 is 19.7. The highest BCUT2D eigenvalue weighted by Gasteiger charge is 2.22. The van der Waals surface area contributed by atoms with Gasteiger partial charge in [0.1, 0.15) is 0 Å². The quantitative estimate of drug-likeness (QED) is 0.194. The van der Waals surface area contributed by atoms with Gasteiger partial charge in [-0.3, -0.25) is 0 Å². The molecule has 0 spiro atoms. The molecule has 0 atom stereocenters. The predicted molar refractivity (Wildman–Crippen MR) is 162 cm³/mol. The second-order valence-electron chi connectivity index (χ2n) is 8.97. The third-order valence-electron chi connectivity index (χ3n) is 6.13. The van der Waals surface area contributed by atoms with E-state index in [0.29, 0.717) is 32.8 Å². The Morgan fingerprint density at radius 2 is 1.02 bits per heavy atom. The van der Waals surface area contributed by atoms with Crippen LogP contribution in [0.2, 0.25) is 0 Å². The molecule has 0 saturated carbocycles. The molecule has 5 N–H and O–H groups in total. The second kappa shape index (κ2) is 10.1. The number of aromatic nitrogens is 11. The molecular weight excluding hydrogens is 635 g/mol. The highest BCUT2D eigenvalue weighted by molar-refractivity contribution is 7.19. The van der Waals surface area contributed by atoms with Crippen molar-refractivity contribution in [2.45, 2.75) is 27.7 Å². The van der Waals surface area contributed by atoms with Crippen LogP contribution in [0.15, 0.2) is 20.5 Å². The number of hydrogen-bond donors (Lipinski definition) is 3. The van der Waals surface area contributed by atoms with Crippen LogP contribution >= 0.6 is 46.1 Å². The van der Waals surface area contributed by atoms with Gasteiger partial charge >= 0.3 is 6.01 Å². The van der Waals surface area contributed by atoms with E-state index < -0.39 is 6.01 Å². The molecule has 18 nitrogen and oxygen atoms in total. The van der Waals surface area contributed by atoms with Gasteiger partial charge < -0.3 is 16.6 Å². The summed E-state index contributed by atoms with van der Waals surface area (Å²) in [6.45, 7) is 7.19. The molecule has 0 fully saturated rings. The average molecular weight is 652 g/mol. The third-order valence-corrected chi connectivity index (χ3v) is 9.50. The van der Waals surface area contributed by atoms with Gasteiger partial charge in [-0.1, -0.05) is 0 Å². The van der Waals surface area contributed by atoms with Gasteiger partial charge in [-0.2, -0.15) is 52.0 Å². The van der Waals surface area contributed by atoms with Crippen LogP contribution in [0, 0.1) is 27.7 Å². The van der Waals surface area contributed by atoms with Crippen molar-refractivity contribution >= 4 is 99.6 Å². The Hall–Kier alpha value is -4.93. The number of nitrogen functional groups attached to an aromatic ring is 2. The highest BCUT2D eigenvalue weighted by Crippen LogP contribution is 2.39. The highest BCUT2D eigenvalue weighted by atomic mass is 32.1. The summed E-state index contributed by atoms with van der Waals surface area (Å²) in [7, 11) is 0. The van der Waals surface area contributed by atoms with E-state index in [9.17, 15) is 5.11 Å². The van der Waals surface area contributed by atoms with Gasteiger partial charge in [0.05, 0.1) is 33.5 Å². The molecule has 7 aromatic heterocycles. The average Bonchev–Trinajstić information content (AvgIpc) is 3.81. The van der Waals surface area contributed by atoms with Crippen molar-refractivity contribution in [2.24, 2.45) is 20.5 Å². The van der Waals surface area contributed by atoms with Crippen molar-refractivity contribution in [3.63, 3.8) is 0 Å². The molecule has 0 aliphatic rings. The maximum Gasteiger partial charge on any atom is 0.320 e. The monoisotopic (exact) mass is 651 g/mol. The fourth-order valence-corrected chi connectivity index (χ4v) is 7.35. The minimum atomic E-state index is -0.605. The Labute approximate surface area is 256 Å². The van der Waals surface area contributed by atoms with Crippen LogP contribution in [0.25, 0.3) is 32.3 Å². The van der Waals surface area contributed by atoms with Crippen LogP contribution in [-0.2, 0) is 0 Å². The van der Waals surface area contributed by atoms with Crippen LogP contribution in [0.1, 0.15) is 22.8 Å². The van der Waals surface area contributed by atoms with Crippen molar-refractivity contribution in [2.75, 3.05) is 11.5 Å². The van der Waals surface area contributed by atoms with Crippen LogP contribution in [0.3, 0.4) is 0 Å². The lowest BCUT2D eigenvalue weighted by Gasteiger charge is -2.06. The lowest BCUT2D eigenvalue weighted by atomic mass is 10.3. The summed E-state index contributed by atoms with van der Waals surface area (Å²) in [5.74, 6) is -0.00418. The third kappa shape index (κ3) is 4.46. The van der Waals surface area contributed by atoms with E-state index in [1.54, 1.807) is 13.8 Å². The Bertz CT molecular complexity index is 2090. The second-order valence-corrected chi connectivity index (χ2v) is 12.0. The minimum absolute atomic E-state index is 0.0897. The number of azo groups is 2. The van der Waals surface area contributed by atoms with E-state index in [0.717, 1.165) is 31.8 Å². The first-order valence-electron chi connectivity index (χ1n) is 12.1. The molecule has 0 radical (unpaired) electrons. The zero-order valence-electron chi connectivity index (χ0n) is 22.4. The van der Waals surface area contributed by atoms with Crippen LogP contribution in [-0.4, -0.2) is 57.1 Å². The van der Waals surface area contributed by atoms with E-state index in [2.05, 4.69) is 63.1 Å². The maximum atomic E-state index is 10.4. The van der Waals surface area contributed by atoms with E-state index in [1.807, 2.05) is 13.8 Å². The van der Waals surface area contributed by atoms with E-state index in [4.69, 9.17) is 11.5 Å². The van der Waals surface area contributed by atoms with Crippen molar-refractivity contribution in [1.82, 2.24) is 52.0 Å². The summed E-state index contributed by atoms with van der Waals surface area (Å²) in [5.41, 5.74) is 15.9. The number of anilines is 2. The first-order chi connectivity index (χ1) is 20.7. The Kier molecular flexibility index (Phi) is 6.33. The molecule has 0 bridgehead atoms. The van der Waals surface area contributed by atoms with Crippen molar-refractivity contribution in [3.8, 4) is 17.9 Å². The van der Waals surface area contributed by atoms with Crippen LogP contribution < -0.4 is 11.5 Å². The van der Waals surface area contributed by atoms with Crippen LogP contribution in [0.4, 0.5) is 33.0 Å². The number of rotatable bonds is 6. The van der Waals surface area contributed by atoms with Crippen molar-refractivity contribution < 1.29 is 5.11 Å². The molecule has 0 saturated heterocycles. The summed E-state index contributed by atoms with van der Waals surface area (Å²) >= 11 is 5.03. The smallest absolute Gasteiger partial charge is 0.320 e. The predicted octanol–water partition coefficient (Wildman–Crippen LogP) is 5.31. The molecule has 7 heterocycles. The normalized spacial score (nSPS) is 12.3. The van der Waals surface area contributed by atoms with Gasteiger partial charge in [-0.15, -0.1) is 20.5 Å². The lowest BCUT2D eigenvalue weighted by molar-refractivity contribution is 0.423. The van der Waals surface area contributed by atoms with Crippen LogP contribution in [0.5, 0.6) is 6.01 Å². The number of nitrogens with zero attached hydrogens (tertiary/aromatic N) is 15. The molecule has 216 valence electrons. The fraction of sp³-hybridized carbons (Fsp3) is 0.190. The van der Waals surface area contributed by atoms with Crippen molar-refractivity contribution in [3.05, 3.63) is 22.8 Å². The summed E-state index contributed by atoms with van der Waals surface area (Å²) in [4.78, 5) is 14.0. The maximum absolute atomic E-state index is 10.4. The molecule has 0 unspecified atom stereocenters. The summed E-state index contributed by atoms with van der Waals surface area (Å²) in [5, 5.41) is 39.4. The molecule has 0 aromatic carbocycles. The molecule has 7 rings (SSSR count). The van der Waals surface area contributed by atoms with Gasteiger partial charge in [0.25, 0.3) is 11.9 Å². The zero-order chi connectivity index (χ0) is 30.0. The van der Waals surface area contributed by atoms with Gasteiger partial charge in [-0.25, -0.2) is 0 Å². The first kappa shape index (κ1) is 26.9. The van der Waals surface area contributed by atoms with Gasteiger partial charge in [-0.05, 0) is 73.8 Å². The summed E-state index contributed by atoms with van der Waals surface area (Å²) in [6.07, 6.45) is 0. The van der Waals surface area contributed by atoms with E-state index in [-0.39, 0.29) is 23.5 Å². The number of nitrogens with two attached hydrogens (primary N) is 2. The molecule has 7 aromatic rings. The lowest BCUT2D eigenvalue weighted by Crippen LogP contribution is -2.13. The van der Waals surface area contributed by atoms with Crippen molar-refractivity contribution in [1.29, 1.82) is 0 Å². The molecule has 43 heavy (non-hydrogen) atoms. The first-order valence-corrected chi connectivity index (χ1v) is 15.2. The van der Waals surface area contributed by atoms with E-state index in [1.165, 1.54) is 55.5 Å². The standard InChI is InChI=1S/C21H17N17OS4/c1-5-9-15(40-35-17(9)42-33-5)29-27-11-7(3)31-37(13(11)22)19-24-20(26-21(39)25-19)38-14(23)12(8(4)32-38)28-30-16-10-6(2)34-43-18(10)36-41-16/h22-23H2,1-4H3,(H,24,25,26,39). The van der Waals surface area contributed by atoms with Gasteiger partial charge in [0.15, 0.2) is 42.7 Å². The molecule has 22 heteroatoms. The number of fused-ring (bicyclic) bond motifs is 2. The van der Waals surface area contributed by atoms with Gasteiger partial charge in [0.2, 0.25) is 0 Å². The van der Waals surface area contributed by atoms with E-state index >= 15 is 0 Å². The Balaban J connectivity index is 1.23. The largest absolute Gasteiger partial charge is 0.479 e. The summed E-state index contributed by atoms with van der Waals surface area (Å²) in [6, 6.07) is -0.605. The SMILES string of the molecule is Cc1nn(-c2nc(O)nc(-n3nc(C)c(N=Nc4snc5snc(C)c45)c3N)n2)c(N)c1N=Nc1snc2snc(C)c12. The minimum Gasteiger partial charge on any atom is -0.479 e. The Morgan fingerprint density at radius 1 is 0.581 bits per heavy atom. The fourth-order valence-electron chi connectivity index (χ4n) is 4.08. The number of aryl methyl sites for hydroxylation is 4. The zero-order valence-corrected chi connectivity index (χ0v) is 25.7. The number of hydrogen-bond acceptors (Lipinski definition) is 20. The van der Waals surface area contributed by atoms with Gasteiger partial charge in [0, 0.05) is 0 Å². The molecule has 0 aliphatic carbocycles. The number of aromatic hydroxyl groups is 1.